The summed E-state index contributed by atoms with van der Waals surface area (Å²) in [4.78, 5) is 25.5. The van der Waals surface area contributed by atoms with E-state index in [4.69, 9.17) is 9.05 Å². The number of quaternary nitrogens is 1. The van der Waals surface area contributed by atoms with Crippen molar-refractivity contribution in [2.75, 3.05) is 40.9 Å². The molecule has 10 heteroatoms. The van der Waals surface area contributed by atoms with Gasteiger partial charge < -0.3 is 34.0 Å². The molecule has 0 radical (unpaired) electrons. The van der Waals surface area contributed by atoms with Crippen LogP contribution >= 0.6 is 7.82 Å². The Kier molecular flexibility index (Phi) is 48.6. The number of rotatable bonds is 50. The molecule has 4 atom stereocenters. The lowest BCUT2D eigenvalue weighted by molar-refractivity contribution is -0.870. The number of likely N-dealkylation sites (N-methyl/N-ethyl adjacent to an activating group) is 1. The molecule has 0 fully saturated rings. The quantitative estimate of drug-likeness (QED) is 0.0240. The van der Waals surface area contributed by atoms with Crippen molar-refractivity contribution in [3.8, 4) is 0 Å². The number of nitrogens with zero attached hydrogens (tertiary/aromatic N) is 1. The van der Waals surface area contributed by atoms with E-state index in [0.29, 0.717) is 30.3 Å². The number of phosphoric ester groups is 1. The Bertz CT molecular complexity index is 1540. The van der Waals surface area contributed by atoms with Crippen LogP contribution in [0.4, 0.5) is 0 Å². The summed E-state index contributed by atoms with van der Waals surface area (Å²) in [6, 6.07) is -1.10. The molecule has 0 aromatic rings. The fourth-order valence-corrected chi connectivity index (χ4v) is 8.33. The molecule has 408 valence electrons. The zero-order valence-corrected chi connectivity index (χ0v) is 46.9. The van der Waals surface area contributed by atoms with Crippen molar-refractivity contribution in [2.24, 2.45) is 0 Å². The first-order valence-corrected chi connectivity index (χ1v) is 29.8. The maximum atomic E-state index is 13.0. The second kappa shape index (κ2) is 50.6. The van der Waals surface area contributed by atoms with Crippen LogP contribution in [0.5, 0.6) is 0 Å². The van der Waals surface area contributed by atoms with Crippen molar-refractivity contribution < 1.29 is 38.0 Å². The lowest BCUT2D eigenvalue weighted by Crippen LogP contribution is -2.51. The minimum atomic E-state index is -4.69. The third-order valence-electron chi connectivity index (χ3n) is 12.1. The summed E-state index contributed by atoms with van der Waals surface area (Å²) < 4.78 is 23.2. The molecule has 0 aliphatic carbocycles. The van der Waals surface area contributed by atoms with Crippen molar-refractivity contribution in [2.45, 2.75) is 231 Å². The monoisotopic (exact) mass is 1010 g/mol. The third-order valence-corrected chi connectivity index (χ3v) is 13.0. The smallest absolute Gasteiger partial charge is 0.268 e. The molecule has 0 heterocycles. The number of phosphoric acid groups is 1. The number of aliphatic hydroxyl groups excluding tert-OH is 2. The van der Waals surface area contributed by atoms with Crippen LogP contribution in [0, 0.1) is 0 Å². The minimum absolute atomic E-state index is 0.0535. The molecule has 0 saturated carbocycles. The Morgan fingerprint density at radius 3 is 1.35 bits per heavy atom. The van der Waals surface area contributed by atoms with Crippen molar-refractivity contribution >= 4 is 13.7 Å². The first-order chi connectivity index (χ1) is 34.4. The number of aliphatic hydroxyl groups is 2. The van der Waals surface area contributed by atoms with E-state index in [0.717, 1.165) is 89.9 Å². The van der Waals surface area contributed by atoms with E-state index in [2.05, 4.69) is 129 Å². The van der Waals surface area contributed by atoms with Gasteiger partial charge in [-0.2, -0.15) is 0 Å². The van der Waals surface area contributed by atoms with E-state index in [1.807, 2.05) is 21.1 Å². The molecule has 0 aromatic carbocycles. The zero-order chi connectivity index (χ0) is 52.2. The fourth-order valence-electron chi connectivity index (χ4n) is 7.60. The van der Waals surface area contributed by atoms with Gasteiger partial charge >= 0.3 is 0 Å². The molecule has 0 aliphatic heterocycles. The Morgan fingerprint density at radius 2 is 0.901 bits per heavy atom. The van der Waals surface area contributed by atoms with Crippen molar-refractivity contribution in [1.29, 1.82) is 0 Å². The first-order valence-electron chi connectivity index (χ1n) is 28.3. The number of nitrogens with one attached hydrogen (secondary N) is 1. The van der Waals surface area contributed by atoms with Gasteiger partial charge in [-0.15, -0.1) is 0 Å². The molecule has 4 unspecified atom stereocenters. The predicted molar refractivity (Wildman–Crippen MR) is 303 cm³/mol. The van der Waals surface area contributed by atoms with Crippen molar-refractivity contribution in [3.05, 3.63) is 109 Å². The highest BCUT2D eigenvalue weighted by molar-refractivity contribution is 7.45. The van der Waals surface area contributed by atoms with Gasteiger partial charge in [0.1, 0.15) is 19.3 Å². The number of hydrogen-bond donors (Lipinski definition) is 3. The van der Waals surface area contributed by atoms with Gasteiger partial charge in [-0.1, -0.05) is 207 Å². The fraction of sp³-hybridized carbons (Fsp3) is 0.689. The number of amides is 1. The SMILES string of the molecule is CC/C=C\C/C=C\C/C=C\C/C=C\C/C=C\C/C=C\C/C=C\CCCCCCCCCCCCCCCC(=O)NC(COP(=O)([O-])OCC[N+](C)(C)C)C(O)C(O)CCC/C=C/CC/C=C/CCCCC. The van der Waals surface area contributed by atoms with Crippen LogP contribution in [0.15, 0.2) is 109 Å². The largest absolute Gasteiger partial charge is 0.756 e. The standard InChI is InChI=1S/C61H107N2O7P/c1-6-8-10-12-14-16-18-20-21-22-23-24-25-26-27-28-29-30-31-32-33-34-35-36-37-38-39-40-41-42-44-46-48-50-52-54-60(65)62-58(57-70-71(67,68)69-56-55-63(3,4)5)61(66)59(64)53-51-49-47-45-43-19-17-15-13-11-9-7-2/h8,10,14-17,20-21,23-24,26-27,29-30,32-33,45,47,58-59,61,64,66H,6-7,9,11-13,18-19,22,25,28,31,34-44,46,48-57H2,1-5H3,(H-,62,65,67,68)/b10-8-,16-14-,17-15+,21-20-,24-23-,27-26-,30-29-,33-32-,47-45+. The Labute approximate surface area is 436 Å². The third kappa shape index (κ3) is 51.8. The maximum absolute atomic E-state index is 13.0. The van der Waals surface area contributed by atoms with Gasteiger partial charge in [-0.3, -0.25) is 9.36 Å². The molecular weight excluding hydrogens is 904 g/mol. The molecule has 0 bridgehead atoms. The first kappa shape index (κ1) is 68.1. The Morgan fingerprint density at radius 1 is 0.521 bits per heavy atom. The van der Waals surface area contributed by atoms with Crippen molar-refractivity contribution in [1.82, 2.24) is 5.32 Å². The maximum Gasteiger partial charge on any atom is 0.268 e. The van der Waals surface area contributed by atoms with Gasteiger partial charge in [0.2, 0.25) is 5.91 Å². The minimum Gasteiger partial charge on any atom is -0.756 e. The van der Waals surface area contributed by atoms with Gasteiger partial charge in [-0.25, -0.2) is 0 Å². The van der Waals surface area contributed by atoms with Crippen LogP contribution in [0.3, 0.4) is 0 Å². The number of unbranched alkanes of at least 4 members (excludes halogenated alkanes) is 18. The highest BCUT2D eigenvalue weighted by Gasteiger charge is 2.29. The summed E-state index contributed by atoms with van der Waals surface area (Å²) in [6.07, 6.45) is 70.2. The number of carbonyl (C=O) groups excluding carboxylic acids is 1. The van der Waals surface area contributed by atoms with Gasteiger partial charge in [0.15, 0.2) is 0 Å². The van der Waals surface area contributed by atoms with Gasteiger partial charge in [0.05, 0.1) is 39.9 Å². The summed E-state index contributed by atoms with van der Waals surface area (Å²) in [7, 11) is 1.08. The van der Waals surface area contributed by atoms with Crippen LogP contribution in [0.1, 0.15) is 213 Å². The van der Waals surface area contributed by atoms with Gasteiger partial charge in [0, 0.05) is 6.42 Å². The molecule has 0 aliphatic rings. The summed E-state index contributed by atoms with van der Waals surface area (Å²) in [5, 5.41) is 24.7. The lowest BCUT2D eigenvalue weighted by atomic mass is 10.0. The van der Waals surface area contributed by atoms with E-state index < -0.39 is 32.7 Å². The second-order valence-corrected chi connectivity index (χ2v) is 21.4. The summed E-state index contributed by atoms with van der Waals surface area (Å²) in [5.41, 5.74) is 0. The van der Waals surface area contributed by atoms with E-state index in [9.17, 15) is 24.5 Å². The van der Waals surface area contributed by atoms with Crippen molar-refractivity contribution in [3.63, 3.8) is 0 Å². The van der Waals surface area contributed by atoms with Crippen LogP contribution in [-0.4, -0.2) is 79.8 Å². The van der Waals surface area contributed by atoms with E-state index in [1.165, 1.54) is 83.5 Å². The number of allylic oxidation sites excluding steroid dienone is 18. The lowest BCUT2D eigenvalue weighted by Gasteiger charge is -2.31. The van der Waals surface area contributed by atoms with Crippen LogP contribution < -0.4 is 10.2 Å². The van der Waals surface area contributed by atoms with Gasteiger partial charge in [0.25, 0.3) is 7.82 Å². The van der Waals surface area contributed by atoms with E-state index in [-0.39, 0.29) is 18.9 Å². The van der Waals surface area contributed by atoms with E-state index >= 15 is 0 Å². The summed E-state index contributed by atoms with van der Waals surface area (Å²) >= 11 is 0. The summed E-state index contributed by atoms with van der Waals surface area (Å²) in [5.74, 6) is -0.299. The molecular formula is C61H107N2O7P. The zero-order valence-electron chi connectivity index (χ0n) is 46.0. The normalized spacial score (nSPS) is 15.2. The molecule has 0 saturated heterocycles. The molecule has 0 spiro atoms. The predicted octanol–water partition coefficient (Wildman–Crippen LogP) is 15.5. The average molecular weight is 1010 g/mol. The molecule has 3 N–H and O–H groups in total. The summed E-state index contributed by atoms with van der Waals surface area (Å²) in [6.45, 7) is 4.25. The van der Waals surface area contributed by atoms with Crippen LogP contribution in [-0.2, 0) is 18.4 Å². The van der Waals surface area contributed by atoms with E-state index in [1.54, 1.807) is 0 Å². The molecule has 0 aromatic heterocycles. The number of hydrogen-bond acceptors (Lipinski definition) is 7. The molecule has 9 nitrogen and oxygen atoms in total. The van der Waals surface area contributed by atoms with Crippen LogP contribution in [0.2, 0.25) is 0 Å². The topological polar surface area (TPSA) is 128 Å². The van der Waals surface area contributed by atoms with Crippen LogP contribution in [0.25, 0.3) is 0 Å². The molecule has 0 rings (SSSR count). The second-order valence-electron chi connectivity index (χ2n) is 20.0. The highest BCUT2D eigenvalue weighted by Crippen LogP contribution is 2.38. The number of carbonyl (C=O) groups is 1. The molecule has 71 heavy (non-hydrogen) atoms. The Hall–Kier alpha value is -2.88. The average Bonchev–Trinajstić information content (AvgIpc) is 3.33. The highest BCUT2D eigenvalue weighted by atomic mass is 31.2. The Balaban J connectivity index is 4.17. The molecule has 1 amide bonds. The van der Waals surface area contributed by atoms with Gasteiger partial charge in [-0.05, 0) is 109 Å².